The number of amides is 4. The zero-order chi connectivity index (χ0) is 35.1. The molecule has 0 unspecified atom stereocenters. The number of carbonyl (C=O) groups is 4. The Labute approximate surface area is 271 Å². The SMILES string of the molecule is CC(C)[C@H](NC(=O)CCOCCOCCNC(=O)OC(C)(C)C)C(=O)N[C@@H](C)C(=O)Nc1ccc(Cn2c(=O)[nH]cc(F)c2=O)cc1. The number of ether oxygens (including phenoxy) is 3. The van der Waals surface area contributed by atoms with Crippen molar-refractivity contribution in [3.05, 3.63) is 62.7 Å². The second kappa shape index (κ2) is 18.5. The second-order valence-corrected chi connectivity index (χ2v) is 11.9. The van der Waals surface area contributed by atoms with Gasteiger partial charge >= 0.3 is 11.8 Å². The summed E-state index contributed by atoms with van der Waals surface area (Å²) in [6.07, 6.45) is 0.176. The lowest BCUT2D eigenvalue weighted by Gasteiger charge is -2.24. The average molecular weight is 665 g/mol. The predicted molar refractivity (Wildman–Crippen MR) is 170 cm³/mol. The van der Waals surface area contributed by atoms with Gasteiger partial charge in [-0.3, -0.25) is 23.7 Å². The van der Waals surface area contributed by atoms with Crippen molar-refractivity contribution in [1.29, 1.82) is 0 Å². The first-order valence-corrected chi connectivity index (χ1v) is 15.2. The third-order valence-corrected chi connectivity index (χ3v) is 6.36. The summed E-state index contributed by atoms with van der Waals surface area (Å²) in [5.41, 5.74) is -1.49. The molecule has 2 atom stereocenters. The van der Waals surface area contributed by atoms with Crippen LogP contribution >= 0.6 is 0 Å². The summed E-state index contributed by atoms with van der Waals surface area (Å²) >= 11 is 0. The molecule has 0 aliphatic rings. The zero-order valence-corrected chi connectivity index (χ0v) is 27.6. The smallest absolute Gasteiger partial charge is 0.407 e. The van der Waals surface area contributed by atoms with Crippen LogP contribution in [0.2, 0.25) is 0 Å². The highest BCUT2D eigenvalue weighted by atomic mass is 19.1. The summed E-state index contributed by atoms with van der Waals surface area (Å²) in [6, 6.07) is 4.34. The highest BCUT2D eigenvalue weighted by Gasteiger charge is 2.27. The highest BCUT2D eigenvalue weighted by Crippen LogP contribution is 2.11. The summed E-state index contributed by atoms with van der Waals surface area (Å²) in [5, 5.41) is 10.5. The van der Waals surface area contributed by atoms with Crippen LogP contribution in [-0.2, 0) is 35.1 Å². The minimum Gasteiger partial charge on any atom is -0.444 e. The molecule has 15 nitrogen and oxygen atoms in total. The van der Waals surface area contributed by atoms with Gasteiger partial charge in [0.15, 0.2) is 0 Å². The van der Waals surface area contributed by atoms with Crippen molar-refractivity contribution in [2.24, 2.45) is 5.92 Å². The van der Waals surface area contributed by atoms with Crippen molar-refractivity contribution in [2.75, 3.05) is 38.3 Å². The van der Waals surface area contributed by atoms with E-state index in [4.69, 9.17) is 14.2 Å². The van der Waals surface area contributed by atoms with E-state index in [0.717, 1.165) is 0 Å². The Kier molecular flexibility index (Phi) is 15.2. The lowest BCUT2D eigenvalue weighted by Crippen LogP contribution is -2.53. The fraction of sp³-hybridized carbons (Fsp3) is 0.548. The Bertz CT molecular complexity index is 1470. The molecule has 0 radical (unpaired) electrons. The molecule has 1 aromatic heterocycles. The van der Waals surface area contributed by atoms with Gasteiger partial charge in [0.25, 0.3) is 5.56 Å². The lowest BCUT2D eigenvalue weighted by atomic mass is 10.0. The number of halogens is 1. The van der Waals surface area contributed by atoms with Crippen LogP contribution in [0.15, 0.2) is 40.1 Å². The van der Waals surface area contributed by atoms with Crippen molar-refractivity contribution >= 4 is 29.5 Å². The average Bonchev–Trinajstić information content (AvgIpc) is 2.98. The molecule has 47 heavy (non-hydrogen) atoms. The Hall–Kier alpha value is -4.57. The van der Waals surface area contributed by atoms with Gasteiger partial charge in [0.2, 0.25) is 23.5 Å². The van der Waals surface area contributed by atoms with E-state index in [2.05, 4.69) is 26.3 Å². The normalized spacial score (nSPS) is 12.6. The first-order chi connectivity index (χ1) is 22.1. The Morgan fingerprint density at radius 3 is 2.17 bits per heavy atom. The molecule has 1 heterocycles. The number of anilines is 1. The molecule has 16 heteroatoms. The summed E-state index contributed by atoms with van der Waals surface area (Å²) in [5.74, 6) is -2.82. The highest BCUT2D eigenvalue weighted by molar-refractivity contribution is 5.98. The molecular formula is C31H45FN6O9. The van der Waals surface area contributed by atoms with E-state index in [1.807, 2.05) is 0 Å². The number of nitrogens with one attached hydrogen (secondary N) is 5. The van der Waals surface area contributed by atoms with E-state index in [-0.39, 0.29) is 51.9 Å². The number of aromatic amines is 1. The lowest BCUT2D eigenvalue weighted by molar-refractivity contribution is -0.132. The number of alkyl carbamates (subject to hydrolysis) is 1. The number of hydrogen-bond acceptors (Lipinski definition) is 9. The summed E-state index contributed by atoms with van der Waals surface area (Å²) in [4.78, 5) is 75.6. The molecule has 2 rings (SSSR count). The van der Waals surface area contributed by atoms with Gasteiger partial charge < -0.3 is 40.5 Å². The van der Waals surface area contributed by atoms with E-state index in [9.17, 15) is 33.2 Å². The van der Waals surface area contributed by atoms with E-state index in [1.54, 1.807) is 46.8 Å². The molecule has 260 valence electrons. The molecule has 0 aliphatic carbocycles. The molecule has 4 amide bonds. The maximum Gasteiger partial charge on any atom is 0.407 e. The van der Waals surface area contributed by atoms with Gasteiger partial charge in [-0.05, 0) is 51.3 Å². The fourth-order valence-electron chi connectivity index (χ4n) is 3.93. The van der Waals surface area contributed by atoms with E-state index in [0.29, 0.717) is 22.0 Å². The van der Waals surface area contributed by atoms with Gasteiger partial charge in [-0.2, -0.15) is 4.39 Å². The van der Waals surface area contributed by atoms with Crippen molar-refractivity contribution in [2.45, 2.75) is 72.2 Å². The molecule has 0 fully saturated rings. The molecule has 5 N–H and O–H groups in total. The largest absolute Gasteiger partial charge is 0.444 e. The first-order valence-electron chi connectivity index (χ1n) is 15.2. The van der Waals surface area contributed by atoms with Crippen LogP contribution in [0.3, 0.4) is 0 Å². The van der Waals surface area contributed by atoms with Crippen LogP contribution in [0.25, 0.3) is 0 Å². The number of rotatable bonds is 17. The molecule has 0 saturated heterocycles. The molecule has 0 spiro atoms. The maximum absolute atomic E-state index is 13.5. The van der Waals surface area contributed by atoms with E-state index >= 15 is 0 Å². The number of nitrogens with zero attached hydrogens (tertiary/aromatic N) is 1. The van der Waals surface area contributed by atoms with Crippen LogP contribution in [0.5, 0.6) is 0 Å². The summed E-state index contributed by atoms with van der Waals surface area (Å²) in [7, 11) is 0. The van der Waals surface area contributed by atoms with Crippen molar-refractivity contribution in [3.63, 3.8) is 0 Å². The molecule has 0 saturated carbocycles. The van der Waals surface area contributed by atoms with Gasteiger partial charge in [-0.15, -0.1) is 0 Å². The third-order valence-electron chi connectivity index (χ3n) is 6.36. The zero-order valence-electron chi connectivity index (χ0n) is 27.6. The number of aromatic nitrogens is 2. The van der Waals surface area contributed by atoms with Crippen molar-refractivity contribution in [3.8, 4) is 0 Å². The van der Waals surface area contributed by atoms with Gasteiger partial charge in [-0.25, -0.2) is 9.59 Å². The van der Waals surface area contributed by atoms with Crippen LogP contribution in [0.4, 0.5) is 14.9 Å². The third kappa shape index (κ3) is 14.2. The Morgan fingerprint density at radius 1 is 0.915 bits per heavy atom. The second-order valence-electron chi connectivity index (χ2n) is 11.9. The van der Waals surface area contributed by atoms with Gasteiger partial charge in [-0.1, -0.05) is 26.0 Å². The quantitative estimate of drug-likeness (QED) is 0.155. The van der Waals surface area contributed by atoms with Gasteiger partial charge in [0.1, 0.15) is 17.7 Å². The molecule has 1 aromatic carbocycles. The van der Waals surface area contributed by atoms with Gasteiger partial charge in [0, 0.05) is 24.8 Å². The Morgan fingerprint density at radius 2 is 1.55 bits per heavy atom. The molecular weight excluding hydrogens is 619 g/mol. The maximum atomic E-state index is 13.5. The van der Waals surface area contributed by atoms with Crippen LogP contribution in [-0.4, -0.2) is 84.0 Å². The number of H-pyrrole nitrogens is 1. The van der Waals surface area contributed by atoms with Crippen LogP contribution in [0, 0.1) is 11.7 Å². The standard InChI is InChI=1S/C31H45FN6O9/c1-19(2)25(37-24(39)11-13-45-15-16-46-14-12-33-30(44)47-31(4,5)6)27(41)35-20(3)26(40)36-22-9-7-21(8-10-22)18-38-28(42)23(32)17-34-29(38)43/h7-10,17,19-20,25H,11-16,18H2,1-6H3,(H,33,44)(H,34,43)(H,35,41)(H,36,40)(H,37,39)/t20-,25-/m0/s1. The van der Waals surface area contributed by atoms with Crippen LogP contribution < -0.4 is 32.5 Å². The van der Waals surface area contributed by atoms with E-state index in [1.165, 1.54) is 19.1 Å². The predicted octanol–water partition coefficient (Wildman–Crippen LogP) is 1.26. The first kappa shape index (κ1) is 38.6. The van der Waals surface area contributed by atoms with Crippen LogP contribution in [0.1, 0.15) is 53.5 Å². The molecule has 2 aromatic rings. The number of hydrogen-bond donors (Lipinski definition) is 5. The summed E-state index contributed by atoms with van der Waals surface area (Å²) in [6.45, 7) is 11.3. The molecule has 0 aliphatic heterocycles. The Balaban J connectivity index is 1.72. The topological polar surface area (TPSA) is 199 Å². The summed E-state index contributed by atoms with van der Waals surface area (Å²) < 4.78 is 30.1. The monoisotopic (exact) mass is 664 g/mol. The molecule has 0 bridgehead atoms. The number of benzene rings is 1. The minimum absolute atomic E-state index is 0.00493. The van der Waals surface area contributed by atoms with Crippen molar-refractivity contribution in [1.82, 2.24) is 25.5 Å². The number of carbonyl (C=O) groups excluding carboxylic acids is 4. The van der Waals surface area contributed by atoms with E-state index < -0.39 is 58.6 Å². The fourth-order valence-corrected chi connectivity index (χ4v) is 3.93. The van der Waals surface area contributed by atoms with Gasteiger partial charge in [0.05, 0.1) is 33.0 Å². The van der Waals surface area contributed by atoms with Crippen molar-refractivity contribution < 1.29 is 37.8 Å². The minimum atomic E-state index is -1.08.